The molecular formula is C13H28N2O. The fraction of sp³-hybridized carbons (Fsp3) is 1.00. The van der Waals surface area contributed by atoms with Crippen molar-refractivity contribution in [1.82, 2.24) is 4.90 Å². The molecule has 1 atom stereocenters. The van der Waals surface area contributed by atoms with Crippen LogP contribution in [-0.2, 0) is 4.74 Å². The molecule has 0 aromatic rings. The maximum atomic E-state index is 6.07. The average molecular weight is 228 g/mol. The highest BCUT2D eigenvalue weighted by atomic mass is 16.5. The predicted molar refractivity (Wildman–Crippen MR) is 68.6 cm³/mol. The Bertz CT molecular complexity index is 212. The number of ether oxygens (including phenoxy) is 1. The van der Waals surface area contributed by atoms with Crippen molar-refractivity contribution in [2.75, 3.05) is 26.3 Å². The first-order valence-corrected chi connectivity index (χ1v) is 6.58. The third kappa shape index (κ3) is 2.58. The zero-order chi connectivity index (χ0) is 12.2. The Morgan fingerprint density at radius 3 is 2.50 bits per heavy atom. The lowest BCUT2D eigenvalue weighted by Gasteiger charge is -2.53. The molecule has 0 aliphatic carbocycles. The van der Waals surface area contributed by atoms with E-state index in [0.29, 0.717) is 0 Å². The summed E-state index contributed by atoms with van der Waals surface area (Å²) in [6.07, 6.45) is 3.50. The molecule has 0 saturated carbocycles. The molecule has 1 saturated heterocycles. The smallest absolute Gasteiger partial charge is 0.0645 e. The molecule has 0 amide bonds. The van der Waals surface area contributed by atoms with Gasteiger partial charge in [0.05, 0.1) is 13.2 Å². The maximum absolute atomic E-state index is 6.07. The summed E-state index contributed by atoms with van der Waals surface area (Å²) < 4.78 is 5.59. The molecule has 1 aliphatic rings. The van der Waals surface area contributed by atoms with E-state index in [4.69, 9.17) is 10.5 Å². The number of rotatable bonds is 5. The molecule has 0 radical (unpaired) electrons. The van der Waals surface area contributed by atoms with Gasteiger partial charge in [-0.05, 0) is 26.7 Å². The van der Waals surface area contributed by atoms with Crippen LogP contribution in [-0.4, -0.2) is 42.3 Å². The molecule has 0 spiro atoms. The lowest BCUT2D eigenvalue weighted by molar-refractivity contribution is -0.107. The van der Waals surface area contributed by atoms with Gasteiger partial charge in [0.15, 0.2) is 0 Å². The summed E-state index contributed by atoms with van der Waals surface area (Å²) in [6, 6.07) is 0. The number of hydrogen-bond donors (Lipinski definition) is 1. The van der Waals surface area contributed by atoms with E-state index < -0.39 is 0 Å². The van der Waals surface area contributed by atoms with Crippen molar-refractivity contribution < 1.29 is 4.74 Å². The van der Waals surface area contributed by atoms with Crippen LogP contribution in [0.3, 0.4) is 0 Å². The minimum absolute atomic E-state index is 0.114. The Kier molecular flexibility index (Phi) is 4.77. The van der Waals surface area contributed by atoms with Crippen molar-refractivity contribution in [1.29, 1.82) is 0 Å². The second-order valence-corrected chi connectivity index (χ2v) is 5.55. The molecule has 96 valence electrons. The Morgan fingerprint density at radius 1 is 1.38 bits per heavy atom. The van der Waals surface area contributed by atoms with Crippen molar-refractivity contribution in [2.24, 2.45) is 5.73 Å². The van der Waals surface area contributed by atoms with Crippen LogP contribution >= 0.6 is 0 Å². The van der Waals surface area contributed by atoms with E-state index in [9.17, 15) is 0 Å². The minimum Gasteiger partial charge on any atom is -0.378 e. The van der Waals surface area contributed by atoms with E-state index in [2.05, 4.69) is 32.6 Å². The summed E-state index contributed by atoms with van der Waals surface area (Å²) in [7, 11) is 0. The van der Waals surface area contributed by atoms with Gasteiger partial charge in [0.2, 0.25) is 0 Å². The number of nitrogens with two attached hydrogens (primary N) is 1. The highest BCUT2D eigenvalue weighted by Gasteiger charge is 2.43. The molecule has 1 unspecified atom stereocenters. The highest BCUT2D eigenvalue weighted by Crippen LogP contribution is 2.33. The third-order valence-corrected chi connectivity index (χ3v) is 3.97. The normalized spacial score (nSPS) is 25.3. The van der Waals surface area contributed by atoms with E-state index in [1.165, 1.54) is 12.8 Å². The number of hydrogen-bond acceptors (Lipinski definition) is 3. The third-order valence-electron chi connectivity index (χ3n) is 3.97. The lowest BCUT2D eigenvalue weighted by atomic mass is 9.83. The van der Waals surface area contributed by atoms with Crippen LogP contribution in [0.15, 0.2) is 0 Å². The average Bonchev–Trinajstić information content (AvgIpc) is 2.26. The second-order valence-electron chi connectivity index (χ2n) is 5.55. The summed E-state index contributed by atoms with van der Waals surface area (Å²) in [6.45, 7) is 12.5. The van der Waals surface area contributed by atoms with Gasteiger partial charge in [-0.2, -0.15) is 0 Å². The van der Waals surface area contributed by atoms with Gasteiger partial charge in [-0.1, -0.05) is 20.3 Å². The Labute approximate surface area is 100 Å². The van der Waals surface area contributed by atoms with Gasteiger partial charge < -0.3 is 10.5 Å². The summed E-state index contributed by atoms with van der Waals surface area (Å²) in [5, 5.41) is 0. The van der Waals surface area contributed by atoms with Crippen molar-refractivity contribution in [3.05, 3.63) is 0 Å². The first-order valence-electron chi connectivity index (χ1n) is 6.58. The standard InChI is InChI=1S/C13H28N2O/c1-5-7-13(6-2,10-14)15-8-9-16-11-12(15,3)4/h5-11,14H2,1-4H3. The number of nitrogens with zero attached hydrogens (tertiary/aromatic N) is 1. The molecule has 1 heterocycles. The number of morpholine rings is 1. The molecule has 1 aliphatic heterocycles. The van der Waals surface area contributed by atoms with Gasteiger partial charge in [0.25, 0.3) is 0 Å². The van der Waals surface area contributed by atoms with Crippen LogP contribution in [0, 0.1) is 0 Å². The molecule has 1 fully saturated rings. The van der Waals surface area contributed by atoms with Gasteiger partial charge >= 0.3 is 0 Å². The molecule has 2 N–H and O–H groups in total. The first-order chi connectivity index (χ1) is 7.52. The quantitative estimate of drug-likeness (QED) is 0.782. The largest absolute Gasteiger partial charge is 0.378 e. The Morgan fingerprint density at radius 2 is 2.06 bits per heavy atom. The summed E-state index contributed by atoms with van der Waals surface area (Å²) >= 11 is 0. The van der Waals surface area contributed by atoms with Crippen LogP contribution in [0.4, 0.5) is 0 Å². The molecule has 16 heavy (non-hydrogen) atoms. The van der Waals surface area contributed by atoms with E-state index in [1.807, 2.05) is 0 Å². The van der Waals surface area contributed by atoms with Gasteiger partial charge in [-0.3, -0.25) is 4.90 Å². The fourth-order valence-electron chi connectivity index (χ4n) is 3.06. The van der Waals surface area contributed by atoms with Crippen molar-refractivity contribution in [2.45, 2.75) is 58.0 Å². The first kappa shape index (κ1) is 13.9. The highest BCUT2D eigenvalue weighted by molar-refractivity contribution is 4.99. The van der Waals surface area contributed by atoms with Gasteiger partial charge in [0, 0.05) is 24.2 Å². The zero-order valence-electron chi connectivity index (χ0n) is 11.4. The fourth-order valence-corrected chi connectivity index (χ4v) is 3.06. The van der Waals surface area contributed by atoms with Crippen LogP contribution in [0.1, 0.15) is 47.0 Å². The topological polar surface area (TPSA) is 38.5 Å². The monoisotopic (exact) mass is 228 g/mol. The molecule has 0 bridgehead atoms. The summed E-state index contributed by atoms with van der Waals surface area (Å²) in [4.78, 5) is 2.59. The Balaban J connectivity index is 2.90. The molecular weight excluding hydrogens is 200 g/mol. The minimum atomic E-state index is 0.114. The van der Waals surface area contributed by atoms with E-state index in [-0.39, 0.29) is 11.1 Å². The van der Waals surface area contributed by atoms with Gasteiger partial charge in [-0.15, -0.1) is 0 Å². The molecule has 0 aromatic heterocycles. The summed E-state index contributed by atoms with van der Waals surface area (Å²) in [5.41, 5.74) is 6.36. The summed E-state index contributed by atoms with van der Waals surface area (Å²) in [5.74, 6) is 0. The predicted octanol–water partition coefficient (Wildman–Crippen LogP) is 2.00. The zero-order valence-corrected chi connectivity index (χ0v) is 11.4. The van der Waals surface area contributed by atoms with Crippen molar-refractivity contribution >= 4 is 0 Å². The van der Waals surface area contributed by atoms with E-state index in [1.54, 1.807) is 0 Å². The van der Waals surface area contributed by atoms with Crippen LogP contribution < -0.4 is 5.73 Å². The van der Waals surface area contributed by atoms with Crippen molar-refractivity contribution in [3.8, 4) is 0 Å². The molecule has 3 heteroatoms. The Hall–Kier alpha value is -0.120. The van der Waals surface area contributed by atoms with Gasteiger partial charge in [-0.25, -0.2) is 0 Å². The van der Waals surface area contributed by atoms with Crippen LogP contribution in [0.5, 0.6) is 0 Å². The van der Waals surface area contributed by atoms with Gasteiger partial charge in [0.1, 0.15) is 0 Å². The van der Waals surface area contributed by atoms with E-state index >= 15 is 0 Å². The molecule has 3 nitrogen and oxygen atoms in total. The van der Waals surface area contributed by atoms with Crippen LogP contribution in [0.25, 0.3) is 0 Å². The van der Waals surface area contributed by atoms with E-state index in [0.717, 1.165) is 32.7 Å². The maximum Gasteiger partial charge on any atom is 0.0645 e. The second kappa shape index (κ2) is 5.48. The molecule has 0 aromatic carbocycles. The van der Waals surface area contributed by atoms with Crippen LogP contribution in [0.2, 0.25) is 0 Å². The lowest BCUT2D eigenvalue weighted by Crippen LogP contribution is -2.65. The van der Waals surface area contributed by atoms with Crippen molar-refractivity contribution in [3.63, 3.8) is 0 Å². The molecule has 1 rings (SSSR count). The SMILES string of the molecule is CCCC(CC)(CN)N1CCOCC1(C)C.